The Hall–Kier alpha value is -2.38. The van der Waals surface area contributed by atoms with E-state index in [0.29, 0.717) is 22.5 Å². The third-order valence-electron chi connectivity index (χ3n) is 3.48. The van der Waals surface area contributed by atoms with Gasteiger partial charge in [0.2, 0.25) is 11.7 Å². The molecule has 1 amide bonds. The van der Waals surface area contributed by atoms with Gasteiger partial charge < -0.3 is 14.6 Å². The van der Waals surface area contributed by atoms with Gasteiger partial charge in [0.1, 0.15) is 5.75 Å². The van der Waals surface area contributed by atoms with Crippen LogP contribution in [0.25, 0.3) is 11.4 Å². The first kappa shape index (κ1) is 18.4. The summed E-state index contributed by atoms with van der Waals surface area (Å²) >= 11 is 9.21. The van der Waals surface area contributed by atoms with Gasteiger partial charge in [-0.2, -0.15) is 4.98 Å². The number of carbonyl (C=O) groups is 1. The van der Waals surface area contributed by atoms with Gasteiger partial charge in [0.15, 0.2) is 6.10 Å². The van der Waals surface area contributed by atoms with Crippen LogP contribution >= 0.6 is 27.5 Å². The lowest BCUT2D eigenvalue weighted by atomic mass is 10.2. The van der Waals surface area contributed by atoms with E-state index in [-0.39, 0.29) is 12.5 Å². The molecule has 2 aromatic carbocycles. The molecule has 0 radical (unpaired) electrons. The standard InChI is InChI=1S/C18H15BrClN3O3/c1-11(25-15-8-4-13(19)5-9-15)18(24)21-10-16-22-17(23-26-16)12-2-6-14(20)7-3-12/h2-9,11H,10H2,1H3,(H,21,24)/t11-/m0/s1. The molecule has 1 N–H and O–H groups in total. The number of aromatic nitrogens is 2. The molecular formula is C18H15BrClN3O3. The molecule has 8 heteroatoms. The van der Waals surface area contributed by atoms with Gasteiger partial charge in [0.05, 0.1) is 6.54 Å². The van der Waals surface area contributed by atoms with Crippen molar-refractivity contribution < 1.29 is 14.1 Å². The molecule has 0 aliphatic carbocycles. The van der Waals surface area contributed by atoms with Gasteiger partial charge in [0.25, 0.3) is 5.91 Å². The summed E-state index contributed by atoms with van der Waals surface area (Å²) < 4.78 is 11.7. The van der Waals surface area contributed by atoms with Crippen LogP contribution in [0.3, 0.4) is 0 Å². The molecule has 3 rings (SSSR count). The number of benzene rings is 2. The Bertz CT molecular complexity index is 881. The van der Waals surface area contributed by atoms with Crippen molar-refractivity contribution in [2.75, 3.05) is 0 Å². The Morgan fingerprint density at radius 2 is 1.92 bits per heavy atom. The van der Waals surface area contributed by atoms with Crippen LogP contribution in [0.4, 0.5) is 0 Å². The zero-order chi connectivity index (χ0) is 18.5. The molecule has 26 heavy (non-hydrogen) atoms. The van der Waals surface area contributed by atoms with Crippen molar-refractivity contribution in [3.63, 3.8) is 0 Å². The van der Waals surface area contributed by atoms with Gasteiger partial charge in [-0.05, 0) is 55.5 Å². The Kier molecular flexibility index (Phi) is 5.90. The summed E-state index contributed by atoms with van der Waals surface area (Å²) in [5.41, 5.74) is 0.780. The van der Waals surface area contributed by atoms with E-state index < -0.39 is 6.10 Å². The van der Waals surface area contributed by atoms with Crippen LogP contribution in [-0.2, 0) is 11.3 Å². The molecule has 0 saturated heterocycles. The zero-order valence-corrected chi connectivity index (χ0v) is 16.1. The van der Waals surface area contributed by atoms with E-state index in [4.69, 9.17) is 20.9 Å². The molecule has 0 fully saturated rings. The first-order valence-electron chi connectivity index (χ1n) is 7.80. The molecule has 0 aliphatic rings. The van der Waals surface area contributed by atoms with E-state index >= 15 is 0 Å². The van der Waals surface area contributed by atoms with E-state index in [0.717, 1.165) is 10.0 Å². The highest BCUT2D eigenvalue weighted by atomic mass is 79.9. The van der Waals surface area contributed by atoms with Crippen LogP contribution in [0.5, 0.6) is 5.75 Å². The van der Waals surface area contributed by atoms with Crippen molar-refractivity contribution >= 4 is 33.4 Å². The first-order chi connectivity index (χ1) is 12.5. The molecule has 6 nitrogen and oxygen atoms in total. The average molecular weight is 437 g/mol. The number of nitrogens with one attached hydrogen (secondary N) is 1. The highest BCUT2D eigenvalue weighted by molar-refractivity contribution is 9.10. The molecular weight excluding hydrogens is 422 g/mol. The van der Waals surface area contributed by atoms with Crippen LogP contribution in [0.2, 0.25) is 5.02 Å². The fourth-order valence-corrected chi connectivity index (χ4v) is 2.51. The number of hydrogen-bond acceptors (Lipinski definition) is 5. The molecule has 0 spiro atoms. The van der Waals surface area contributed by atoms with Crippen LogP contribution < -0.4 is 10.1 Å². The molecule has 0 bridgehead atoms. The predicted octanol–water partition coefficient (Wildman–Crippen LogP) is 4.24. The lowest BCUT2D eigenvalue weighted by Crippen LogP contribution is -2.35. The molecule has 0 aliphatic heterocycles. The van der Waals surface area contributed by atoms with Crippen molar-refractivity contribution in [1.82, 2.24) is 15.5 Å². The van der Waals surface area contributed by atoms with Crippen LogP contribution in [0.15, 0.2) is 57.5 Å². The Morgan fingerprint density at radius 3 is 2.62 bits per heavy atom. The van der Waals surface area contributed by atoms with Crippen LogP contribution in [0.1, 0.15) is 12.8 Å². The maximum atomic E-state index is 12.2. The zero-order valence-electron chi connectivity index (χ0n) is 13.8. The van der Waals surface area contributed by atoms with Gasteiger partial charge in [0, 0.05) is 15.1 Å². The van der Waals surface area contributed by atoms with Gasteiger partial charge in [-0.15, -0.1) is 0 Å². The summed E-state index contributed by atoms with van der Waals surface area (Å²) in [7, 11) is 0. The number of halogens is 2. The second-order valence-electron chi connectivity index (χ2n) is 5.45. The monoisotopic (exact) mass is 435 g/mol. The van der Waals surface area contributed by atoms with E-state index in [9.17, 15) is 4.79 Å². The van der Waals surface area contributed by atoms with Crippen molar-refractivity contribution in [3.8, 4) is 17.1 Å². The molecule has 0 unspecified atom stereocenters. The molecule has 3 aromatic rings. The quantitative estimate of drug-likeness (QED) is 0.625. The minimum Gasteiger partial charge on any atom is -0.481 e. The Labute approximate surface area is 163 Å². The number of ether oxygens (including phenoxy) is 1. The van der Waals surface area contributed by atoms with Crippen molar-refractivity contribution in [2.24, 2.45) is 0 Å². The normalized spacial score (nSPS) is 11.8. The molecule has 1 aromatic heterocycles. The largest absolute Gasteiger partial charge is 0.481 e. The molecule has 1 atom stereocenters. The summed E-state index contributed by atoms with van der Waals surface area (Å²) in [5.74, 6) is 1.07. The number of rotatable bonds is 6. The van der Waals surface area contributed by atoms with E-state index in [1.54, 1.807) is 43.3 Å². The number of amides is 1. The maximum Gasteiger partial charge on any atom is 0.261 e. The minimum atomic E-state index is -0.658. The van der Waals surface area contributed by atoms with Crippen molar-refractivity contribution in [3.05, 3.63) is 63.9 Å². The molecule has 134 valence electrons. The van der Waals surface area contributed by atoms with Crippen molar-refractivity contribution in [2.45, 2.75) is 19.6 Å². The van der Waals surface area contributed by atoms with Gasteiger partial charge >= 0.3 is 0 Å². The highest BCUT2D eigenvalue weighted by Gasteiger charge is 2.16. The maximum absolute atomic E-state index is 12.2. The third kappa shape index (κ3) is 4.83. The average Bonchev–Trinajstić information content (AvgIpc) is 3.11. The van der Waals surface area contributed by atoms with Gasteiger partial charge in [-0.25, -0.2) is 0 Å². The minimum absolute atomic E-state index is 0.119. The van der Waals surface area contributed by atoms with Gasteiger partial charge in [-0.3, -0.25) is 4.79 Å². The predicted molar refractivity (Wildman–Crippen MR) is 101 cm³/mol. The first-order valence-corrected chi connectivity index (χ1v) is 8.97. The number of hydrogen-bond donors (Lipinski definition) is 1. The van der Waals surface area contributed by atoms with Gasteiger partial charge in [-0.1, -0.05) is 32.7 Å². The topological polar surface area (TPSA) is 77.2 Å². The lowest BCUT2D eigenvalue weighted by molar-refractivity contribution is -0.127. The number of nitrogens with zero attached hydrogens (tertiary/aromatic N) is 2. The second-order valence-corrected chi connectivity index (χ2v) is 6.80. The summed E-state index contributed by atoms with van der Waals surface area (Å²) in [6, 6.07) is 14.3. The summed E-state index contributed by atoms with van der Waals surface area (Å²) in [5, 5.41) is 7.24. The summed E-state index contributed by atoms with van der Waals surface area (Å²) in [6.07, 6.45) is -0.658. The van der Waals surface area contributed by atoms with Crippen LogP contribution in [-0.4, -0.2) is 22.2 Å². The SMILES string of the molecule is C[C@H](Oc1ccc(Br)cc1)C(=O)NCc1nc(-c2ccc(Cl)cc2)no1. The van der Waals surface area contributed by atoms with E-state index in [2.05, 4.69) is 31.4 Å². The number of carbonyl (C=O) groups excluding carboxylic acids is 1. The van der Waals surface area contributed by atoms with Crippen LogP contribution in [0, 0.1) is 0 Å². The fraction of sp³-hybridized carbons (Fsp3) is 0.167. The molecule has 1 heterocycles. The summed E-state index contributed by atoms with van der Waals surface area (Å²) in [4.78, 5) is 16.4. The lowest BCUT2D eigenvalue weighted by Gasteiger charge is -2.13. The summed E-state index contributed by atoms with van der Waals surface area (Å²) in [6.45, 7) is 1.79. The Morgan fingerprint density at radius 1 is 1.23 bits per heavy atom. The van der Waals surface area contributed by atoms with E-state index in [1.165, 1.54) is 0 Å². The second kappa shape index (κ2) is 8.33. The van der Waals surface area contributed by atoms with Crippen molar-refractivity contribution in [1.29, 1.82) is 0 Å². The van der Waals surface area contributed by atoms with E-state index in [1.807, 2.05) is 12.1 Å². The Balaban J connectivity index is 1.54. The third-order valence-corrected chi connectivity index (χ3v) is 4.26. The smallest absolute Gasteiger partial charge is 0.261 e. The molecule has 0 saturated carbocycles. The fourth-order valence-electron chi connectivity index (χ4n) is 2.12. The highest BCUT2D eigenvalue weighted by Crippen LogP contribution is 2.19.